The van der Waals surface area contributed by atoms with Gasteiger partial charge in [0.05, 0.1) is 7.11 Å². The van der Waals surface area contributed by atoms with Gasteiger partial charge in [0.25, 0.3) is 0 Å². The Kier molecular flexibility index (Phi) is 3.62. The highest BCUT2D eigenvalue weighted by Crippen LogP contribution is 2.44. The summed E-state index contributed by atoms with van der Waals surface area (Å²) in [6.07, 6.45) is 0.658. The Bertz CT molecular complexity index is 490. The van der Waals surface area contributed by atoms with Gasteiger partial charge in [0.15, 0.2) is 0 Å². The van der Waals surface area contributed by atoms with E-state index in [1.165, 1.54) is 7.11 Å². The molecule has 19 heavy (non-hydrogen) atoms. The lowest BCUT2D eigenvalue weighted by Crippen LogP contribution is -2.41. The van der Waals surface area contributed by atoms with Gasteiger partial charge in [-0.25, -0.2) is 4.79 Å². The third kappa shape index (κ3) is 2.49. The first kappa shape index (κ1) is 13.6. The molecule has 0 aromatic heterocycles. The quantitative estimate of drug-likeness (QED) is 0.830. The SMILES string of the molecule is COC(=O)C1=C[C@@H](c2ccccc2)C(C)(C)C(O)O1. The summed E-state index contributed by atoms with van der Waals surface area (Å²) >= 11 is 0. The number of aliphatic hydroxyl groups is 1. The number of allylic oxidation sites excluding steroid dienone is 1. The highest BCUT2D eigenvalue weighted by atomic mass is 16.6. The van der Waals surface area contributed by atoms with Crippen molar-refractivity contribution in [2.24, 2.45) is 5.41 Å². The Morgan fingerprint density at radius 2 is 1.95 bits per heavy atom. The number of carbonyl (C=O) groups is 1. The molecule has 1 heterocycles. The molecule has 2 atom stereocenters. The summed E-state index contributed by atoms with van der Waals surface area (Å²) in [7, 11) is 1.29. The van der Waals surface area contributed by atoms with E-state index in [2.05, 4.69) is 4.74 Å². The topological polar surface area (TPSA) is 55.8 Å². The minimum Gasteiger partial charge on any atom is -0.463 e. The Labute approximate surface area is 112 Å². The van der Waals surface area contributed by atoms with Gasteiger partial charge < -0.3 is 14.6 Å². The standard InChI is InChI=1S/C15H18O4/c1-15(2)11(10-7-5-4-6-8-10)9-12(13(16)18-3)19-14(15)17/h4-9,11,14,17H,1-3H3/t11-,14?/m0/s1. The van der Waals surface area contributed by atoms with Gasteiger partial charge in [-0.05, 0) is 11.6 Å². The second-order valence-corrected chi connectivity index (χ2v) is 5.20. The predicted molar refractivity (Wildman–Crippen MR) is 70.2 cm³/mol. The van der Waals surface area contributed by atoms with Crippen LogP contribution in [0.2, 0.25) is 0 Å². The van der Waals surface area contributed by atoms with Crippen LogP contribution in [-0.4, -0.2) is 24.5 Å². The van der Waals surface area contributed by atoms with E-state index in [0.717, 1.165) is 5.56 Å². The Morgan fingerprint density at radius 1 is 1.32 bits per heavy atom. The molecule has 1 aromatic carbocycles. The molecule has 0 bridgehead atoms. The number of ether oxygens (including phenoxy) is 2. The number of hydrogen-bond acceptors (Lipinski definition) is 4. The van der Waals surface area contributed by atoms with Gasteiger partial charge in [-0.2, -0.15) is 0 Å². The van der Waals surface area contributed by atoms with Crippen LogP contribution in [0.15, 0.2) is 42.2 Å². The molecule has 1 aromatic rings. The van der Waals surface area contributed by atoms with E-state index in [1.54, 1.807) is 6.08 Å². The van der Waals surface area contributed by atoms with E-state index >= 15 is 0 Å². The minimum atomic E-state index is -1.06. The summed E-state index contributed by atoms with van der Waals surface area (Å²) in [6.45, 7) is 3.81. The van der Waals surface area contributed by atoms with Gasteiger partial charge in [-0.1, -0.05) is 44.2 Å². The van der Waals surface area contributed by atoms with Gasteiger partial charge in [0.1, 0.15) is 0 Å². The molecular weight excluding hydrogens is 244 g/mol. The molecule has 1 aliphatic heterocycles. The van der Waals surface area contributed by atoms with Crippen molar-refractivity contribution in [1.29, 1.82) is 0 Å². The fourth-order valence-electron chi connectivity index (χ4n) is 2.23. The first-order valence-corrected chi connectivity index (χ1v) is 6.16. The molecule has 102 valence electrons. The van der Waals surface area contributed by atoms with Gasteiger partial charge in [-0.3, -0.25) is 0 Å². The third-order valence-electron chi connectivity index (χ3n) is 3.54. The Balaban J connectivity index is 2.44. The molecular formula is C15H18O4. The zero-order valence-electron chi connectivity index (χ0n) is 11.3. The molecule has 4 nitrogen and oxygen atoms in total. The maximum atomic E-state index is 11.6. The first-order valence-electron chi connectivity index (χ1n) is 6.16. The number of esters is 1. The number of hydrogen-bond donors (Lipinski definition) is 1. The first-order chi connectivity index (χ1) is 8.96. The smallest absolute Gasteiger partial charge is 0.373 e. The summed E-state index contributed by atoms with van der Waals surface area (Å²) in [5, 5.41) is 10.1. The summed E-state index contributed by atoms with van der Waals surface area (Å²) in [5.74, 6) is -0.634. The average molecular weight is 262 g/mol. The molecule has 1 N–H and O–H groups in total. The zero-order chi connectivity index (χ0) is 14.0. The number of aliphatic hydroxyl groups excluding tert-OH is 1. The number of methoxy groups -OCH3 is 1. The lowest BCUT2D eigenvalue weighted by Gasteiger charge is -2.40. The minimum absolute atomic E-state index is 0.0585. The summed E-state index contributed by atoms with van der Waals surface area (Å²) in [4.78, 5) is 11.6. The van der Waals surface area contributed by atoms with Crippen LogP contribution in [0.4, 0.5) is 0 Å². The van der Waals surface area contributed by atoms with E-state index in [1.807, 2.05) is 44.2 Å². The zero-order valence-corrected chi connectivity index (χ0v) is 11.3. The maximum absolute atomic E-state index is 11.6. The van der Waals surface area contributed by atoms with Crippen LogP contribution in [0.3, 0.4) is 0 Å². The molecule has 0 fully saturated rings. The van der Waals surface area contributed by atoms with Crippen molar-refractivity contribution < 1.29 is 19.4 Å². The average Bonchev–Trinajstić information content (AvgIpc) is 2.41. The normalized spacial score (nSPS) is 25.2. The lowest BCUT2D eigenvalue weighted by molar-refractivity contribution is -0.172. The van der Waals surface area contributed by atoms with Crippen molar-refractivity contribution in [2.75, 3.05) is 7.11 Å². The molecule has 0 aliphatic carbocycles. The molecule has 1 aliphatic rings. The van der Waals surface area contributed by atoms with E-state index < -0.39 is 17.7 Å². The van der Waals surface area contributed by atoms with Crippen molar-refractivity contribution >= 4 is 5.97 Å². The molecule has 0 saturated carbocycles. The van der Waals surface area contributed by atoms with E-state index in [0.29, 0.717) is 0 Å². The third-order valence-corrected chi connectivity index (χ3v) is 3.54. The predicted octanol–water partition coefficient (Wildman–Crippen LogP) is 2.20. The highest BCUT2D eigenvalue weighted by Gasteiger charge is 2.43. The van der Waals surface area contributed by atoms with Crippen LogP contribution in [0.5, 0.6) is 0 Å². The van der Waals surface area contributed by atoms with Crippen molar-refractivity contribution in [1.82, 2.24) is 0 Å². The Morgan fingerprint density at radius 3 is 2.53 bits per heavy atom. The number of benzene rings is 1. The Hall–Kier alpha value is -1.81. The van der Waals surface area contributed by atoms with E-state index in [9.17, 15) is 9.90 Å². The van der Waals surface area contributed by atoms with Crippen LogP contribution in [0, 0.1) is 5.41 Å². The molecule has 0 amide bonds. The second kappa shape index (κ2) is 5.05. The second-order valence-electron chi connectivity index (χ2n) is 5.20. The molecule has 4 heteroatoms. The van der Waals surface area contributed by atoms with Crippen molar-refractivity contribution in [3.63, 3.8) is 0 Å². The molecule has 2 rings (SSSR count). The monoisotopic (exact) mass is 262 g/mol. The van der Waals surface area contributed by atoms with Crippen LogP contribution in [-0.2, 0) is 14.3 Å². The van der Waals surface area contributed by atoms with Crippen LogP contribution in [0.25, 0.3) is 0 Å². The van der Waals surface area contributed by atoms with Gasteiger partial charge in [0.2, 0.25) is 12.0 Å². The van der Waals surface area contributed by atoms with Crippen molar-refractivity contribution in [3.8, 4) is 0 Å². The van der Waals surface area contributed by atoms with Crippen molar-refractivity contribution in [3.05, 3.63) is 47.7 Å². The van der Waals surface area contributed by atoms with E-state index in [4.69, 9.17) is 4.74 Å². The van der Waals surface area contributed by atoms with Crippen LogP contribution >= 0.6 is 0 Å². The van der Waals surface area contributed by atoms with E-state index in [-0.39, 0.29) is 11.7 Å². The van der Waals surface area contributed by atoms with Crippen LogP contribution in [0.1, 0.15) is 25.3 Å². The van der Waals surface area contributed by atoms with Crippen LogP contribution < -0.4 is 0 Å². The van der Waals surface area contributed by atoms with Gasteiger partial charge >= 0.3 is 5.97 Å². The van der Waals surface area contributed by atoms with Gasteiger partial charge in [0, 0.05) is 11.3 Å². The number of carbonyl (C=O) groups excluding carboxylic acids is 1. The number of rotatable bonds is 2. The maximum Gasteiger partial charge on any atom is 0.373 e. The van der Waals surface area contributed by atoms with Gasteiger partial charge in [-0.15, -0.1) is 0 Å². The highest BCUT2D eigenvalue weighted by molar-refractivity contribution is 5.86. The fraction of sp³-hybridized carbons (Fsp3) is 0.400. The molecule has 1 unspecified atom stereocenters. The summed E-state index contributed by atoms with van der Waals surface area (Å²) < 4.78 is 9.90. The largest absolute Gasteiger partial charge is 0.463 e. The molecule has 0 saturated heterocycles. The fourth-order valence-corrected chi connectivity index (χ4v) is 2.23. The van der Waals surface area contributed by atoms with Crippen molar-refractivity contribution in [2.45, 2.75) is 26.1 Å². The lowest BCUT2D eigenvalue weighted by atomic mass is 9.73. The summed E-state index contributed by atoms with van der Waals surface area (Å²) in [5.41, 5.74) is 0.495. The molecule has 0 radical (unpaired) electrons. The summed E-state index contributed by atoms with van der Waals surface area (Å²) in [6, 6.07) is 9.72. The molecule has 0 spiro atoms.